The summed E-state index contributed by atoms with van der Waals surface area (Å²) in [7, 11) is 0. The van der Waals surface area contributed by atoms with Gasteiger partial charge >= 0.3 is 5.56 Å². The molecule has 0 aliphatic heterocycles. The molecule has 7 heteroatoms. The largest absolute Gasteiger partial charge is 0.425 e. The number of pyridine rings is 2. The van der Waals surface area contributed by atoms with Crippen molar-refractivity contribution in [3.63, 3.8) is 0 Å². The van der Waals surface area contributed by atoms with Crippen LogP contribution >= 0.6 is 0 Å². The third-order valence-electron chi connectivity index (χ3n) is 6.47. The smallest absolute Gasteiger partial charge is 0.309 e. The number of benzene rings is 2. The Morgan fingerprint density at radius 3 is 2.43 bits per heavy atom. The molecule has 0 aliphatic rings. The van der Waals surface area contributed by atoms with Crippen LogP contribution in [-0.4, -0.2) is 30.9 Å². The first-order valence-corrected chi connectivity index (χ1v) is 11.7. The molecule has 3 aromatic heterocycles. The number of rotatable bonds is 7. The lowest BCUT2D eigenvalue weighted by Crippen LogP contribution is -2.22. The van der Waals surface area contributed by atoms with E-state index < -0.39 is 5.56 Å². The van der Waals surface area contributed by atoms with Gasteiger partial charge in [0.25, 0.3) is 0 Å². The van der Waals surface area contributed by atoms with Crippen LogP contribution in [0.3, 0.4) is 0 Å². The maximum Gasteiger partial charge on any atom is 0.309 e. The molecule has 6 nitrogen and oxygen atoms in total. The molecule has 5 rings (SSSR count). The Morgan fingerprint density at radius 1 is 1.00 bits per heavy atom. The Balaban J connectivity index is 1.60. The Labute approximate surface area is 202 Å². The van der Waals surface area contributed by atoms with Crippen LogP contribution in [0.1, 0.15) is 29.2 Å². The molecule has 35 heavy (non-hydrogen) atoms. The molecule has 0 fully saturated rings. The van der Waals surface area contributed by atoms with Crippen molar-refractivity contribution in [1.82, 2.24) is 19.2 Å². The zero-order valence-corrected chi connectivity index (χ0v) is 19.8. The number of hydrogen-bond acceptors (Lipinski definition) is 4. The average molecular weight is 471 g/mol. The SMILES string of the molecule is CCN(Cc1ccc(C)cc1)Cc1cn(Cc2ccc(F)cc2)c2cnc3c(=O)n(O)ccc3c12. The maximum absolute atomic E-state index is 13.4. The van der Waals surface area contributed by atoms with Gasteiger partial charge in [-0.25, -0.2) is 9.37 Å². The summed E-state index contributed by atoms with van der Waals surface area (Å²) in [6, 6.07) is 16.7. The molecule has 2 aromatic carbocycles. The van der Waals surface area contributed by atoms with E-state index in [-0.39, 0.29) is 11.3 Å². The Hall–Kier alpha value is -3.97. The molecule has 0 atom stereocenters. The topological polar surface area (TPSA) is 63.3 Å². The highest BCUT2D eigenvalue weighted by Gasteiger charge is 2.17. The van der Waals surface area contributed by atoms with E-state index in [1.807, 2.05) is 0 Å². The molecule has 1 N–H and O–H groups in total. The summed E-state index contributed by atoms with van der Waals surface area (Å²) in [4.78, 5) is 19.3. The highest BCUT2D eigenvalue weighted by Crippen LogP contribution is 2.29. The van der Waals surface area contributed by atoms with E-state index in [9.17, 15) is 14.4 Å². The molecule has 0 spiro atoms. The van der Waals surface area contributed by atoms with Gasteiger partial charge < -0.3 is 9.77 Å². The number of halogens is 1. The van der Waals surface area contributed by atoms with Gasteiger partial charge in [-0.3, -0.25) is 9.69 Å². The van der Waals surface area contributed by atoms with Crippen LogP contribution in [0.25, 0.3) is 21.8 Å². The van der Waals surface area contributed by atoms with Gasteiger partial charge in [0.05, 0.1) is 11.7 Å². The molecule has 0 unspecified atom stereocenters. The van der Waals surface area contributed by atoms with Crippen LogP contribution in [0.2, 0.25) is 0 Å². The fourth-order valence-corrected chi connectivity index (χ4v) is 4.56. The van der Waals surface area contributed by atoms with E-state index >= 15 is 0 Å². The Kier molecular flexibility index (Phi) is 6.09. The zero-order valence-electron chi connectivity index (χ0n) is 19.8. The van der Waals surface area contributed by atoms with Crippen molar-refractivity contribution in [3.05, 3.63) is 112 Å². The van der Waals surface area contributed by atoms with E-state index in [1.165, 1.54) is 29.5 Å². The molecular weight excluding hydrogens is 443 g/mol. The van der Waals surface area contributed by atoms with Gasteiger partial charge in [0.1, 0.15) is 11.3 Å². The minimum Gasteiger partial charge on any atom is -0.425 e. The van der Waals surface area contributed by atoms with Gasteiger partial charge in [-0.05, 0) is 48.4 Å². The lowest BCUT2D eigenvalue weighted by atomic mass is 10.1. The van der Waals surface area contributed by atoms with Crippen LogP contribution in [0.15, 0.2) is 78.0 Å². The molecule has 5 aromatic rings. The summed E-state index contributed by atoms with van der Waals surface area (Å²) < 4.78 is 16.1. The highest BCUT2D eigenvalue weighted by atomic mass is 19.1. The van der Waals surface area contributed by atoms with E-state index in [2.05, 4.69) is 58.8 Å². The van der Waals surface area contributed by atoms with Crippen LogP contribution in [-0.2, 0) is 19.6 Å². The van der Waals surface area contributed by atoms with Gasteiger partial charge in [0.2, 0.25) is 0 Å². The molecule has 0 saturated heterocycles. The first kappa shape index (κ1) is 22.8. The average Bonchev–Trinajstić information content (AvgIpc) is 3.20. The summed E-state index contributed by atoms with van der Waals surface area (Å²) in [5.74, 6) is -0.269. The van der Waals surface area contributed by atoms with Gasteiger partial charge in [0, 0.05) is 42.8 Å². The summed E-state index contributed by atoms with van der Waals surface area (Å²) in [5, 5.41) is 11.5. The van der Waals surface area contributed by atoms with Crippen molar-refractivity contribution in [2.75, 3.05) is 6.54 Å². The van der Waals surface area contributed by atoms with Crippen molar-refractivity contribution >= 4 is 21.8 Å². The lowest BCUT2D eigenvalue weighted by molar-refractivity contribution is 0.176. The lowest BCUT2D eigenvalue weighted by Gasteiger charge is -2.20. The van der Waals surface area contributed by atoms with Crippen LogP contribution < -0.4 is 5.56 Å². The molecule has 0 saturated carbocycles. The standard InChI is InChI=1S/C28H27FN4O2/c1-3-31(15-20-6-4-19(2)5-7-20)17-22-18-32(16-21-8-10-23(29)11-9-21)25-14-30-27-24(26(22)25)12-13-33(35)28(27)34/h4-14,18,35H,3,15-17H2,1-2H3. The van der Waals surface area contributed by atoms with E-state index in [1.54, 1.807) is 24.4 Å². The predicted octanol–water partition coefficient (Wildman–Crippen LogP) is 5.11. The number of aromatic nitrogens is 3. The third kappa shape index (κ3) is 4.55. The van der Waals surface area contributed by atoms with E-state index in [4.69, 9.17) is 0 Å². The van der Waals surface area contributed by atoms with Gasteiger partial charge in [0.15, 0.2) is 0 Å². The molecule has 0 amide bonds. The van der Waals surface area contributed by atoms with Crippen molar-refractivity contribution in [1.29, 1.82) is 0 Å². The monoisotopic (exact) mass is 470 g/mol. The number of nitrogens with zero attached hydrogens (tertiary/aromatic N) is 4. The molecule has 0 radical (unpaired) electrons. The highest BCUT2D eigenvalue weighted by molar-refractivity contribution is 6.06. The second-order valence-electron chi connectivity index (χ2n) is 8.94. The summed E-state index contributed by atoms with van der Waals surface area (Å²) in [6.45, 7) is 7.09. The first-order chi connectivity index (χ1) is 16.9. The molecule has 0 bridgehead atoms. The summed E-state index contributed by atoms with van der Waals surface area (Å²) in [5.41, 5.74) is 5.07. The van der Waals surface area contributed by atoms with Crippen LogP contribution in [0, 0.1) is 12.7 Å². The Morgan fingerprint density at radius 2 is 1.71 bits per heavy atom. The normalized spacial score (nSPS) is 11.7. The van der Waals surface area contributed by atoms with Crippen molar-refractivity contribution in [3.8, 4) is 0 Å². The first-order valence-electron chi connectivity index (χ1n) is 11.7. The molecular formula is C28H27FN4O2. The van der Waals surface area contributed by atoms with Gasteiger partial charge in [-0.2, -0.15) is 4.73 Å². The molecule has 3 heterocycles. The number of hydrogen-bond donors (Lipinski definition) is 1. The fraction of sp³-hybridized carbons (Fsp3) is 0.214. The van der Waals surface area contributed by atoms with Crippen molar-refractivity contribution in [2.24, 2.45) is 0 Å². The molecule has 0 aliphatic carbocycles. The summed E-state index contributed by atoms with van der Waals surface area (Å²) in [6.07, 6.45) is 5.14. The van der Waals surface area contributed by atoms with Gasteiger partial charge in [-0.1, -0.05) is 48.9 Å². The van der Waals surface area contributed by atoms with Crippen LogP contribution in [0.4, 0.5) is 4.39 Å². The second kappa shape index (κ2) is 9.35. The quantitative estimate of drug-likeness (QED) is 0.336. The van der Waals surface area contributed by atoms with Crippen molar-refractivity contribution < 1.29 is 9.60 Å². The Bertz CT molecular complexity index is 1550. The predicted molar refractivity (Wildman–Crippen MR) is 135 cm³/mol. The molecule has 178 valence electrons. The zero-order chi connectivity index (χ0) is 24.5. The number of aryl methyl sites for hydroxylation is 1. The maximum atomic E-state index is 13.4. The van der Waals surface area contributed by atoms with E-state index in [0.717, 1.165) is 35.1 Å². The minimum absolute atomic E-state index is 0.227. The summed E-state index contributed by atoms with van der Waals surface area (Å²) >= 11 is 0. The second-order valence-corrected chi connectivity index (χ2v) is 8.94. The number of fused-ring (bicyclic) bond motifs is 3. The third-order valence-corrected chi connectivity index (χ3v) is 6.47. The fourth-order valence-electron chi connectivity index (χ4n) is 4.56. The van der Waals surface area contributed by atoms with Gasteiger partial charge in [-0.15, -0.1) is 0 Å². The van der Waals surface area contributed by atoms with Crippen LogP contribution in [0.5, 0.6) is 0 Å². The van der Waals surface area contributed by atoms with E-state index in [0.29, 0.717) is 23.2 Å². The van der Waals surface area contributed by atoms with Crippen molar-refractivity contribution in [2.45, 2.75) is 33.5 Å². The minimum atomic E-state index is -0.548.